The molecule has 0 saturated carbocycles. The Hall–Kier alpha value is -3.55. The van der Waals surface area contributed by atoms with Gasteiger partial charge in [-0.15, -0.1) is 5.10 Å². The number of hydrogen-bond donors (Lipinski definition) is 2. The molecule has 6 nitrogen and oxygen atoms in total. The second-order valence-corrected chi connectivity index (χ2v) is 9.19. The van der Waals surface area contributed by atoms with Crippen molar-refractivity contribution in [2.24, 2.45) is 0 Å². The molecule has 1 aliphatic rings. The van der Waals surface area contributed by atoms with Gasteiger partial charge in [-0.2, -0.15) is 4.98 Å². The third kappa shape index (κ3) is 4.58. The molecule has 0 radical (unpaired) electrons. The lowest BCUT2D eigenvalue weighted by Crippen LogP contribution is -2.31. The Morgan fingerprint density at radius 2 is 1.71 bits per heavy atom. The molecule has 0 bridgehead atoms. The molecule has 2 heterocycles. The summed E-state index contributed by atoms with van der Waals surface area (Å²) < 4.78 is 1.75. The number of hydrogen-bond acceptors (Lipinski definition) is 5. The number of thioether (sulfide) groups is 1. The lowest BCUT2D eigenvalue weighted by molar-refractivity contribution is -0.113. The molecule has 3 aromatic carbocycles. The van der Waals surface area contributed by atoms with Crippen LogP contribution in [0.3, 0.4) is 0 Å². The van der Waals surface area contributed by atoms with Crippen LogP contribution in [0.1, 0.15) is 24.1 Å². The highest BCUT2D eigenvalue weighted by Gasteiger charge is 2.35. The van der Waals surface area contributed by atoms with Crippen LogP contribution in [-0.2, 0) is 10.5 Å². The summed E-state index contributed by atoms with van der Waals surface area (Å²) in [6.07, 6.45) is 0. The van der Waals surface area contributed by atoms with Gasteiger partial charge in [0.15, 0.2) is 0 Å². The summed E-state index contributed by atoms with van der Waals surface area (Å²) in [5, 5.41) is 12.2. The number of rotatable bonds is 6. The molecule has 1 aromatic heterocycles. The van der Waals surface area contributed by atoms with E-state index in [0.717, 1.165) is 11.3 Å². The summed E-state index contributed by atoms with van der Waals surface area (Å²) >= 11 is 8.16. The van der Waals surface area contributed by atoms with Crippen molar-refractivity contribution in [1.82, 2.24) is 14.8 Å². The van der Waals surface area contributed by atoms with Gasteiger partial charge in [0, 0.05) is 27.7 Å². The number of aromatic nitrogens is 3. The molecule has 2 N–H and O–H groups in total. The average Bonchev–Trinajstić information content (AvgIpc) is 3.26. The number of para-hydroxylation sites is 1. The third-order valence-corrected chi connectivity index (χ3v) is 6.77. The van der Waals surface area contributed by atoms with Crippen molar-refractivity contribution in [2.75, 3.05) is 10.6 Å². The first-order chi connectivity index (χ1) is 16.6. The number of carbonyl (C=O) groups is 1. The van der Waals surface area contributed by atoms with Gasteiger partial charge in [-0.05, 0) is 30.7 Å². The fourth-order valence-electron chi connectivity index (χ4n) is 3.91. The molecular formula is C26H22ClN5OS. The minimum Gasteiger partial charge on any atom is -0.328 e. The summed E-state index contributed by atoms with van der Waals surface area (Å²) in [5.74, 6) is 1.10. The Balaban J connectivity index is 1.51. The third-order valence-electron chi connectivity index (χ3n) is 5.52. The van der Waals surface area contributed by atoms with Gasteiger partial charge < -0.3 is 10.6 Å². The molecule has 0 fully saturated rings. The highest BCUT2D eigenvalue weighted by atomic mass is 35.5. The molecule has 0 aliphatic carbocycles. The normalized spacial score (nSPS) is 14.9. The molecule has 34 heavy (non-hydrogen) atoms. The number of nitrogens with one attached hydrogen (secondary N) is 2. The summed E-state index contributed by atoms with van der Waals surface area (Å²) in [6.45, 7) is 1.87. The van der Waals surface area contributed by atoms with Crippen molar-refractivity contribution in [2.45, 2.75) is 23.9 Å². The van der Waals surface area contributed by atoms with Gasteiger partial charge in [0.1, 0.15) is 6.04 Å². The molecule has 1 atom stereocenters. The predicted octanol–water partition coefficient (Wildman–Crippen LogP) is 6.15. The zero-order valence-electron chi connectivity index (χ0n) is 18.4. The van der Waals surface area contributed by atoms with Gasteiger partial charge in [0.05, 0.1) is 5.57 Å². The van der Waals surface area contributed by atoms with Crippen molar-refractivity contribution in [3.63, 3.8) is 0 Å². The van der Waals surface area contributed by atoms with Gasteiger partial charge in [-0.25, -0.2) is 4.68 Å². The second kappa shape index (κ2) is 9.75. The molecule has 170 valence electrons. The Bertz CT molecular complexity index is 1350. The Kier molecular flexibility index (Phi) is 6.38. The number of benzene rings is 3. The Labute approximate surface area is 207 Å². The number of halogens is 1. The van der Waals surface area contributed by atoms with Crippen molar-refractivity contribution in [3.8, 4) is 0 Å². The van der Waals surface area contributed by atoms with E-state index in [1.54, 1.807) is 16.4 Å². The van der Waals surface area contributed by atoms with E-state index in [-0.39, 0.29) is 5.91 Å². The van der Waals surface area contributed by atoms with Crippen LogP contribution in [0.4, 0.5) is 11.6 Å². The van der Waals surface area contributed by atoms with Gasteiger partial charge in [0.25, 0.3) is 5.91 Å². The minimum absolute atomic E-state index is 0.222. The molecule has 8 heteroatoms. The number of anilines is 2. The summed E-state index contributed by atoms with van der Waals surface area (Å²) in [4.78, 5) is 18.2. The van der Waals surface area contributed by atoms with Crippen LogP contribution in [0.5, 0.6) is 0 Å². The van der Waals surface area contributed by atoms with E-state index in [9.17, 15) is 4.79 Å². The topological polar surface area (TPSA) is 71.8 Å². The highest BCUT2D eigenvalue weighted by Crippen LogP contribution is 2.39. The fraction of sp³-hybridized carbons (Fsp3) is 0.115. The summed E-state index contributed by atoms with van der Waals surface area (Å²) in [6, 6.07) is 26.6. The smallest absolute Gasteiger partial charge is 0.255 e. The zero-order chi connectivity index (χ0) is 23.5. The van der Waals surface area contributed by atoms with Crippen molar-refractivity contribution < 1.29 is 4.79 Å². The molecule has 4 aromatic rings. The SMILES string of the molecule is CC1=C(C(=O)Nc2ccccc2)C(c2ccccc2Cl)n2nc(SCc3ccccc3)nc2N1. The number of amides is 1. The molecule has 1 unspecified atom stereocenters. The maximum Gasteiger partial charge on any atom is 0.255 e. The van der Waals surface area contributed by atoms with E-state index in [0.29, 0.717) is 33.1 Å². The molecule has 1 aliphatic heterocycles. The van der Waals surface area contributed by atoms with E-state index >= 15 is 0 Å². The summed E-state index contributed by atoms with van der Waals surface area (Å²) in [7, 11) is 0. The van der Waals surface area contributed by atoms with E-state index in [1.807, 2.05) is 79.7 Å². The Morgan fingerprint density at radius 3 is 2.44 bits per heavy atom. The first-order valence-corrected chi connectivity index (χ1v) is 12.2. The minimum atomic E-state index is -0.521. The standard InChI is InChI=1S/C26H22ClN5OS/c1-17-22(24(33)29-19-12-6-3-7-13-19)23(20-14-8-9-15-21(20)27)32-25(28-17)30-26(31-32)34-16-18-10-4-2-5-11-18/h2-15,23H,16H2,1H3,(H,29,33)(H,28,30,31). The largest absolute Gasteiger partial charge is 0.328 e. The zero-order valence-corrected chi connectivity index (χ0v) is 20.0. The summed E-state index contributed by atoms with van der Waals surface area (Å²) in [5.41, 5.74) is 3.93. The van der Waals surface area contributed by atoms with Gasteiger partial charge >= 0.3 is 0 Å². The molecule has 5 rings (SSSR count). The fourth-order valence-corrected chi connectivity index (χ4v) is 4.94. The van der Waals surface area contributed by atoms with Crippen LogP contribution < -0.4 is 10.6 Å². The number of allylic oxidation sites excluding steroid dienone is 1. The lowest BCUT2D eigenvalue weighted by atomic mass is 9.95. The first kappa shape index (κ1) is 22.3. The average molecular weight is 488 g/mol. The number of fused-ring (bicyclic) bond motifs is 1. The van der Waals surface area contributed by atoms with Crippen molar-refractivity contribution in [1.29, 1.82) is 0 Å². The first-order valence-electron chi connectivity index (χ1n) is 10.8. The predicted molar refractivity (Wildman–Crippen MR) is 137 cm³/mol. The molecule has 0 spiro atoms. The van der Waals surface area contributed by atoms with Crippen LogP contribution >= 0.6 is 23.4 Å². The highest BCUT2D eigenvalue weighted by molar-refractivity contribution is 7.98. The second-order valence-electron chi connectivity index (χ2n) is 7.84. The van der Waals surface area contributed by atoms with Crippen LogP contribution in [-0.4, -0.2) is 20.7 Å². The molecular weight excluding hydrogens is 466 g/mol. The van der Waals surface area contributed by atoms with Crippen LogP contribution in [0.2, 0.25) is 5.02 Å². The lowest BCUT2D eigenvalue weighted by Gasteiger charge is -2.29. The molecule has 0 saturated heterocycles. The van der Waals surface area contributed by atoms with Crippen molar-refractivity contribution >= 4 is 40.9 Å². The van der Waals surface area contributed by atoms with Crippen LogP contribution in [0.25, 0.3) is 0 Å². The van der Waals surface area contributed by atoms with Crippen LogP contribution in [0.15, 0.2) is 101 Å². The maximum absolute atomic E-state index is 13.5. The van der Waals surface area contributed by atoms with Crippen LogP contribution in [0, 0.1) is 0 Å². The van der Waals surface area contributed by atoms with E-state index in [4.69, 9.17) is 21.7 Å². The van der Waals surface area contributed by atoms with E-state index in [2.05, 4.69) is 22.8 Å². The monoisotopic (exact) mass is 487 g/mol. The number of nitrogens with zero attached hydrogens (tertiary/aromatic N) is 3. The Morgan fingerprint density at radius 1 is 1.03 bits per heavy atom. The molecule has 1 amide bonds. The quantitative estimate of drug-likeness (QED) is 0.319. The van der Waals surface area contributed by atoms with E-state index in [1.165, 1.54) is 5.56 Å². The van der Waals surface area contributed by atoms with Gasteiger partial charge in [0.2, 0.25) is 11.1 Å². The van der Waals surface area contributed by atoms with E-state index < -0.39 is 6.04 Å². The maximum atomic E-state index is 13.5. The van der Waals surface area contributed by atoms with Gasteiger partial charge in [-0.1, -0.05) is 90.1 Å². The van der Waals surface area contributed by atoms with Crippen molar-refractivity contribution in [3.05, 3.63) is 112 Å². The van der Waals surface area contributed by atoms with Gasteiger partial charge in [-0.3, -0.25) is 4.79 Å². The number of carbonyl (C=O) groups excluding carboxylic acids is 1.